The van der Waals surface area contributed by atoms with Crippen LogP contribution < -0.4 is 10.2 Å². The number of benzene rings is 2. The predicted octanol–water partition coefficient (Wildman–Crippen LogP) is 3.80. The van der Waals surface area contributed by atoms with Crippen molar-refractivity contribution in [2.24, 2.45) is 0 Å². The van der Waals surface area contributed by atoms with E-state index < -0.39 is 11.9 Å². The van der Waals surface area contributed by atoms with Crippen LogP contribution in [0.15, 0.2) is 85.6 Å². The van der Waals surface area contributed by atoms with Crippen molar-refractivity contribution in [2.75, 3.05) is 24.7 Å². The zero-order valence-corrected chi connectivity index (χ0v) is 20.0. The van der Waals surface area contributed by atoms with E-state index in [1.54, 1.807) is 42.7 Å². The van der Waals surface area contributed by atoms with Gasteiger partial charge in [0.2, 0.25) is 5.91 Å². The lowest BCUT2D eigenvalue weighted by Gasteiger charge is -2.32. The predicted molar refractivity (Wildman–Crippen MR) is 135 cm³/mol. The molecule has 1 fully saturated rings. The molecule has 0 spiro atoms. The SMILES string of the molecule is O=C(NCCc1cccc(F)c1)C(c1cccnc1)N(C(=O)c1cnc[nH]1)c1cccc(C2COC2)c1. The summed E-state index contributed by atoms with van der Waals surface area (Å²) >= 11 is 0. The molecule has 1 atom stereocenters. The molecule has 5 rings (SSSR count). The van der Waals surface area contributed by atoms with Gasteiger partial charge in [0.25, 0.3) is 5.91 Å². The second-order valence-electron chi connectivity index (χ2n) is 8.83. The molecule has 8 nitrogen and oxygen atoms in total. The minimum Gasteiger partial charge on any atom is -0.380 e. The lowest BCUT2D eigenvalue weighted by molar-refractivity contribution is -0.122. The highest BCUT2D eigenvalue weighted by molar-refractivity contribution is 6.09. The summed E-state index contributed by atoms with van der Waals surface area (Å²) in [7, 11) is 0. The molecule has 1 saturated heterocycles. The van der Waals surface area contributed by atoms with E-state index in [2.05, 4.69) is 20.3 Å². The van der Waals surface area contributed by atoms with Gasteiger partial charge >= 0.3 is 0 Å². The maximum atomic E-state index is 13.8. The largest absolute Gasteiger partial charge is 0.380 e. The molecule has 0 saturated carbocycles. The van der Waals surface area contributed by atoms with Gasteiger partial charge in [0.15, 0.2) is 0 Å². The van der Waals surface area contributed by atoms with E-state index in [-0.39, 0.29) is 29.9 Å². The molecule has 4 aromatic rings. The van der Waals surface area contributed by atoms with Gasteiger partial charge in [-0.3, -0.25) is 19.5 Å². The Labute approximate surface area is 213 Å². The van der Waals surface area contributed by atoms with Gasteiger partial charge in [-0.15, -0.1) is 0 Å². The number of hydrogen-bond donors (Lipinski definition) is 2. The van der Waals surface area contributed by atoms with Gasteiger partial charge in [-0.05, 0) is 47.9 Å². The number of H-pyrrole nitrogens is 1. The van der Waals surface area contributed by atoms with Crippen LogP contribution in [-0.4, -0.2) is 46.5 Å². The summed E-state index contributed by atoms with van der Waals surface area (Å²) in [5.74, 6) is -0.880. The third-order valence-corrected chi connectivity index (χ3v) is 6.31. The first-order valence-electron chi connectivity index (χ1n) is 12.0. The number of anilines is 1. The first-order chi connectivity index (χ1) is 18.1. The fourth-order valence-corrected chi connectivity index (χ4v) is 4.32. The van der Waals surface area contributed by atoms with Gasteiger partial charge in [0, 0.05) is 36.1 Å². The molecular weight excluding hydrogens is 473 g/mol. The average molecular weight is 500 g/mol. The highest BCUT2D eigenvalue weighted by Crippen LogP contribution is 2.33. The van der Waals surface area contributed by atoms with E-state index in [1.807, 2.05) is 18.2 Å². The number of halogens is 1. The number of amides is 2. The fourth-order valence-electron chi connectivity index (χ4n) is 4.32. The number of nitrogens with zero attached hydrogens (tertiary/aromatic N) is 3. The third kappa shape index (κ3) is 5.57. The number of hydrogen-bond acceptors (Lipinski definition) is 5. The molecule has 2 amide bonds. The Morgan fingerprint density at radius 1 is 1.08 bits per heavy atom. The fraction of sp³-hybridized carbons (Fsp3) is 0.214. The minimum absolute atomic E-state index is 0.237. The van der Waals surface area contributed by atoms with Crippen LogP contribution in [0.4, 0.5) is 10.1 Å². The first kappa shape index (κ1) is 24.3. The Bertz CT molecular complexity index is 1360. The lowest BCUT2D eigenvalue weighted by Crippen LogP contribution is -2.44. The van der Waals surface area contributed by atoms with E-state index >= 15 is 0 Å². The van der Waals surface area contributed by atoms with Gasteiger partial charge in [-0.2, -0.15) is 0 Å². The number of ether oxygens (including phenoxy) is 1. The Morgan fingerprint density at radius 2 is 1.95 bits per heavy atom. The molecule has 0 bridgehead atoms. The lowest BCUT2D eigenvalue weighted by atomic mass is 9.96. The Balaban J connectivity index is 1.49. The number of aromatic amines is 1. The summed E-state index contributed by atoms with van der Waals surface area (Å²) in [5, 5.41) is 2.93. The first-order valence-corrected chi connectivity index (χ1v) is 12.0. The summed E-state index contributed by atoms with van der Waals surface area (Å²) in [6.07, 6.45) is 6.48. The zero-order chi connectivity index (χ0) is 25.6. The molecule has 37 heavy (non-hydrogen) atoms. The molecule has 9 heteroatoms. The molecule has 2 N–H and O–H groups in total. The van der Waals surface area contributed by atoms with E-state index in [0.717, 1.165) is 11.1 Å². The van der Waals surface area contributed by atoms with E-state index in [1.165, 1.54) is 29.6 Å². The van der Waals surface area contributed by atoms with Gasteiger partial charge in [-0.1, -0.05) is 30.3 Å². The Hall–Kier alpha value is -4.37. The quantitative estimate of drug-likeness (QED) is 0.365. The number of aromatic nitrogens is 3. The van der Waals surface area contributed by atoms with Crippen LogP contribution >= 0.6 is 0 Å². The molecule has 1 aliphatic rings. The molecule has 0 radical (unpaired) electrons. The molecule has 188 valence electrons. The van der Waals surface area contributed by atoms with Gasteiger partial charge < -0.3 is 15.0 Å². The molecule has 3 heterocycles. The van der Waals surface area contributed by atoms with Crippen molar-refractivity contribution in [1.29, 1.82) is 0 Å². The van der Waals surface area contributed by atoms with E-state index in [9.17, 15) is 14.0 Å². The summed E-state index contributed by atoms with van der Waals surface area (Å²) in [6.45, 7) is 1.50. The van der Waals surface area contributed by atoms with Crippen LogP contribution in [-0.2, 0) is 16.0 Å². The molecule has 1 aliphatic heterocycles. The van der Waals surface area contributed by atoms with Crippen molar-refractivity contribution in [3.8, 4) is 0 Å². The normalized spacial score (nSPS) is 14.0. The summed E-state index contributed by atoms with van der Waals surface area (Å²) in [4.78, 5) is 40.0. The van der Waals surface area contributed by atoms with Gasteiger partial charge in [0.05, 0.1) is 25.7 Å². The van der Waals surface area contributed by atoms with Gasteiger partial charge in [0.1, 0.15) is 17.6 Å². The average Bonchev–Trinajstić information content (AvgIpc) is 3.42. The molecule has 0 aliphatic carbocycles. The van der Waals surface area contributed by atoms with Crippen molar-refractivity contribution in [1.82, 2.24) is 20.3 Å². The molecule has 1 unspecified atom stereocenters. The summed E-state index contributed by atoms with van der Waals surface area (Å²) < 4.78 is 18.9. The minimum atomic E-state index is -1.01. The molecule has 2 aromatic carbocycles. The number of rotatable bonds is 9. The van der Waals surface area contributed by atoms with E-state index in [0.29, 0.717) is 30.9 Å². The van der Waals surface area contributed by atoms with Crippen molar-refractivity contribution >= 4 is 17.5 Å². The van der Waals surface area contributed by atoms with Crippen molar-refractivity contribution < 1.29 is 18.7 Å². The van der Waals surface area contributed by atoms with Crippen molar-refractivity contribution in [3.63, 3.8) is 0 Å². The number of pyridine rings is 1. The molecule has 2 aromatic heterocycles. The van der Waals surface area contributed by atoms with Crippen molar-refractivity contribution in [2.45, 2.75) is 18.4 Å². The monoisotopic (exact) mass is 499 g/mol. The Morgan fingerprint density at radius 3 is 2.65 bits per heavy atom. The Kier molecular flexibility index (Phi) is 7.32. The number of carbonyl (C=O) groups excluding carboxylic acids is 2. The second-order valence-corrected chi connectivity index (χ2v) is 8.83. The number of nitrogens with one attached hydrogen (secondary N) is 2. The molecular formula is C28H26FN5O3. The second kappa shape index (κ2) is 11.1. The zero-order valence-electron chi connectivity index (χ0n) is 20.0. The highest BCUT2D eigenvalue weighted by atomic mass is 19.1. The van der Waals surface area contributed by atoms with Crippen LogP contribution in [0.25, 0.3) is 0 Å². The summed E-state index contributed by atoms with van der Waals surface area (Å²) in [6, 6.07) is 16.3. The number of carbonyl (C=O) groups is 2. The third-order valence-electron chi connectivity index (χ3n) is 6.31. The van der Waals surface area contributed by atoms with Crippen molar-refractivity contribution in [3.05, 3.63) is 114 Å². The summed E-state index contributed by atoms with van der Waals surface area (Å²) in [5.41, 5.74) is 3.16. The van der Waals surface area contributed by atoms with Crippen LogP contribution in [0, 0.1) is 5.82 Å². The standard InChI is InChI=1S/C28H26FN5O3/c29-23-7-1-4-19(12-23)9-11-32-27(35)26(21-6-3-10-30-14-21)34(28(36)25-15-31-18-33-25)24-8-2-5-20(13-24)22-16-37-17-22/h1-8,10,12-15,18,22,26H,9,11,16-17H2,(H,31,33)(H,32,35). The topological polar surface area (TPSA) is 100 Å². The highest BCUT2D eigenvalue weighted by Gasteiger charge is 2.34. The van der Waals surface area contributed by atoms with Crippen LogP contribution in [0.2, 0.25) is 0 Å². The van der Waals surface area contributed by atoms with Crippen LogP contribution in [0.5, 0.6) is 0 Å². The van der Waals surface area contributed by atoms with E-state index in [4.69, 9.17) is 4.74 Å². The van der Waals surface area contributed by atoms with Crippen LogP contribution in [0.3, 0.4) is 0 Å². The number of imidazole rings is 1. The maximum absolute atomic E-state index is 13.8. The van der Waals surface area contributed by atoms with Crippen LogP contribution in [0.1, 0.15) is 39.1 Å². The maximum Gasteiger partial charge on any atom is 0.277 e. The van der Waals surface area contributed by atoms with Gasteiger partial charge in [-0.25, -0.2) is 9.37 Å². The smallest absolute Gasteiger partial charge is 0.277 e.